The van der Waals surface area contributed by atoms with E-state index in [4.69, 9.17) is 10.2 Å². The van der Waals surface area contributed by atoms with Gasteiger partial charge in [0.1, 0.15) is 10.9 Å². The third-order valence-electron chi connectivity index (χ3n) is 3.69. The molecule has 3 heteroatoms. The van der Waals surface area contributed by atoms with E-state index < -0.39 is 0 Å². The van der Waals surface area contributed by atoms with Crippen molar-refractivity contribution in [1.29, 1.82) is 5.26 Å². The zero-order chi connectivity index (χ0) is 11.0. The first-order chi connectivity index (χ1) is 7.88. The van der Waals surface area contributed by atoms with Gasteiger partial charge in [0, 0.05) is 11.8 Å². The molecule has 2 fully saturated rings. The Bertz CT molecular complexity index is 420. The van der Waals surface area contributed by atoms with E-state index in [2.05, 4.69) is 6.07 Å². The molecule has 2 aliphatic rings. The minimum Gasteiger partial charge on any atom is -0.244 e. The van der Waals surface area contributed by atoms with Crippen molar-refractivity contribution in [2.45, 2.75) is 56.8 Å². The molecule has 2 nitrogen and oxygen atoms in total. The maximum Gasteiger partial charge on any atom is 0.128 e. The van der Waals surface area contributed by atoms with Crippen LogP contribution in [0.25, 0.3) is 0 Å². The first-order valence-electron chi connectivity index (χ1n) is 6.29. The van der Waals surface area contributed by atoms with Crippen LogP contribution in [0.15, 0.2) is 0 Å². The highest BCUT2D eigenvalue weighted by Crippen LogP contribution is 2.44. The number of nitriles is 1. The van der Waals surface area contributed by atoms with Gasteiger partial charge >= 0.3 is 0 Å². The van der Waals surface area contributed by atoms with Gasteiger partial charge in [-0.25, -0.2) is 4.98 Å². The summed E-state index contributed by atoms with van der Waals surface area (Å²) >= 11 is 1.66. The topological polar surface area (TPSA) is 36.7 Å². The third-order valence-corrected chi connectivity index (χ3v) is 4.83. The van der Waals surface area contributed by atoms with Gasteiger partial charge in [-0.3, -0.25) is 0 Å². The van der Waals surface area contributed by atoms with Crippen LogP contribution in [0.2, 0.25) is 0 Å². The third kappa shape index (κ3) is 1.87. The van der Waals surface area contributed by atoms with Crippen LogP contribution in [0.5, 0.6) is 0 Å². The van der Waals surface area contributed by atoms with Crippen LogP contribution in [0.4, 0.5) is 0 Å². The summed E-state index contributed by atoms with van der Waals surface area (Å²) in [6.45, 7) is 0. The highest BCUT2D eigenvalue weighted by atomic mass is 32.1. The van der Waals surface area contributed by atoms with Crippen molar-refractivity contribution in [2.75, 3.05) is 0 Å². The lowest BCUT2D eigenvalue weighted by molar-refractivity contribution is 0.442. The van der Waals surface area contributed by atoms with E-state index in [1.165, 1.54) is 50.0 Å². The fraction of sp³-hybridized carbons (Fsp3) is 0.692. The molecule has 84 valence electrons. The van der Waals surface area contributed by atoms with Gasteiger partial charge in [-0.2, -0.15) is 5.26 Å². The minimum absolute atomic E-state index is 0.614. The van der Waals surface area contributed by atoms with Crippen molar-refractivity contribution in [3.05, 3.63) is 15.6 Å². The summed E-state index contributed by atoms with van der Waals surface area (Å²) in [5, 5.41) is 10.4. The largest absolute Gasteiger partial charge is 0.244 e. The fourth-order valence-electron chi connectivity index (χ4n) is 2.59. The van der Waals surface area contributed by atoms with Crippen LogP contribution < -0.4 is 0 Å². The van der Waals surface area contributed by atoms with Crippen LogP contribution in [0.3, 0.4) is 0 Å². The van der Waals surface area contributed by atoms with Gasteiger partial charge < -0.3 is 0 Å². The van der Waals surface area contributed by atoms with Crippen LogP contribution in [0.1, 0.15) is 72.4 Å². The van der Waals surface area contributed by atoms with E-state index in [0.717, 1.165) is 10.6 Å². The molecular weight excluding hydrogens is 216 g/mol. The number of nitrogens with zero attached hydrogens (tertiary/aromatic N) is 2. The van der Waals surface area contributed by atoms with Crippen LogP contribution in [-0.4, -0.2) is 4.98 Å². The monoisotopic (exact) mass is 232 g/mol. The fourth-order valence-corrected chi connectivity index (χ4v) is 3.70. The van der Waals surface area contributed by atoms with Crippen LogP contribution >= 0.6 is 11.3 Å². The second-order valence-electron chi connectivity index (χ2n) is 4.99. The van der Waals surface area contributed by atoms with Gasteiger partial charge in [-0.15, -0.1) is 11.3 Å². The predicted molar refractivity (Wildman–Crippen MR) is 64.6 cm³/mol. The zero-order valence-electron chi connectivity index (χ0n) is 9.41. The lowest BCUT2D eigenvalue weighted by atomic mass is 9.90. The van der Waals surface area contributed by atoms with Gasteiger partial charge in [-0.1, -0.05) is 19.3 Å². The van der Waals surface area contributed by atoms with Crippen molar-refractivity contribution in [3.63, 3.8) is 0 Å². The molecule has 0 aliphatic heterocycles. The van der Waals surface area contributed by atoms with E-state index in [-0.39, 0.29) is 0 Å². The van der Waals surface area contributed by atoms with Gasteiger partial charge in [-0.05, 0) is 25.7 Å². The van der Waals surface area contributed by atoms with Crippen molar-refractivity contribution in [2.24, 2.45) is 0 Å². The molecular formula is C13H16N2S. The predicted octanol–water partition coefficient (Wildman–Crippen LogP) is 3.94. The molecule has 3 rings (SSSR count). The van der Waals surface area contributed by atoms with Crippen molar-refractivity contribution in [3.8, 4) is 6.07 Å². The number of hydrogen-bond donors (Lipinski definition) is 0. The first-order valence-corrected chi connectivity index (χ1v) is 7.11. The van der Waals surface area contributed by atoms with Crippen molar-refractivity contribution >= 4 is 11.3 Å². The maximum atomic E-state index is 9.13. The average molecular weight is 232 g/mol. The lowest BCUT2D eigenvalue weighted by Gasteiger charge is -2.18. The Morgan fingerprint density at radius 2 is 1.81 bits per heavy atom. The Morgan fingerprint density at radius 3 is 2.44 bits per heavy atom. The van der Waals surface area contributed by atoms with Gasteiger partial charge in [0.25, 0.3) is 0 Å². The summed E-state index contributed by atoms with van der Waals surface area (Å²) in [7, 11) is 0. The Hall–Kier alpha value is -0.880. The van der Waals surface area contributed by atoms with Crippen molar-refractivity contribution < 1.29 is 0 Å². The molecule has 0 spiro atoms. The van der Waals surface area contributed by atoms with Gasteiger partial charge in [0.15, 0.2) is 0 Å². The highest BCUT2D eigenvalue weighted by Gasteiger charge is 2.31. The summed E-state index contributed by atoms with van der Waals surface area (Å²) in [6, 6.07) is 2.33. The molecule has 2 aliphatic carbocycles. The summed E-state index contributed by atoms with van der Waals surface area (Å²) in [6.07, 6.45) is 9.09. The minimum atomic E-state index is 0.614. The molecule has 0 bridgehead atoms. The number of rotatable bonds is 2. The average Bonchev–Trinajstić information content (AvgIpc) is 3.10. The summed E-state index contributed by atoms with van der Waals surface area (Å²) in [4.78, 5) is 5.65. The van der Waals surface area contributed by atoms with E-state index in [9.17, 15) is 0 Å². The molecule has 0 radical (unpaired) electrons. The molecule has 0 amide bonds. The molecule has 0 atom stereocenters. The molecule has 0 N–H and O–H groups in total. The zero-order valence-corrected chi connectivity index (χ0v) is 10.2. The number of thiazole rings is 1. The molecule has 16 heavy (non-hydrogen) atoms. The van der Waals surface area contributed by atoms with E-state index >= 15 is 0 Å². The Labute approximate surface area is 100 Å². The SMILES string of the molecule is N#Cc1sc(C2CCCCC2)nc1C1CC1. The smallest absolute Gasteiger partial charge is 0.128 e. The summed E-state index contributed by atoms with van der Waals surface area (Å²) in [5.41, 5.74) is 1.12. The quantitative estimate of drug-likeness (QED) is 0.774. The standard InChI is InChI=1S/C13H16N2S/c14-8-11-12(9-6-7-9)15-13(16-11)10-4-2-1-3-5-10/h9-10H,1-7H2. The first kappa shape index (κ1) is 10.3. The van der Waals surface area contributed by atoms with Crippen molar-refractivity contribution in [1.82, 2.24) is 4.98 Å². The Morgan fingerprint density at radius 1 is 1.06 bits per heavy atom. The molecule has 1 aromatic heterocycles. The van der Waals surface area contributed by atoms with E-state index in [0.29, 0.717) is 11.8 Å². The molecule has 1 aromatic rings. The van der Waals surface area contributed by atoms with E-state index in [1.54, 1.807) is 11.3 Å². The highest BCUT2D eigenvalue weighted by molar-refractivity contribution is 7.12. The van der Waals surface area contributed by atoms with Gasteiger partial charge in [0.2, 0.25) is 0 Å². The second kappa shape index (κ2) is 4.18. The maximum absolute atomic E-state index is 9.13. The Balaban J connectivity index is 1.86. The lowest BCUT2D eigenvalue weighted by Crippen LogP contribution is -2.04. The normalized spacial score (nSPS) is 21.9. The molecule has 0 unspecified atom stereocenters. The summed E-state index contributed by atoms with van der Waals surface area (Å²) < 4.78 is 0. The molecule has 0 saturated heterocycles. The number of aromatic nitrogens is 1. The Kier molecular flexibility index (Phi) is 2.69. The molecule has 1 heterocycles. The number of hydrogen-bond acceptors (Lipinski definition) is 3. The van der Waals surface area contributed by atoms with Crippen LogP contribution in [-0.2, 0) is 0 Å². The molecule has 2 saturated carbocycles. The van der Waals surface area contributed by atoms with Crippen LogP contribution in [0, 0.1) is 11.3 Å². The molecule has 0 aromatic carbocycles. The van der Waals surface area contributed by atoms with E-state index in [1.807, 2.05) is 0 Å². The van der Waals surface area contributed by atoms with Gasteiger partial charge in [0.05, 0.1) is 10.7 Å². The second-order valence-corrected chi connectivity index (χ2v) is 6.02. The summed E-state index contributed by atoms with van der Waals surface area (Å²) in [5.74, 6) is 1.27.